The SMILES string of the molecule is CCCCCCOc1ccccc1-c1n[nH]c(C)c1C(=O)O. The first-order valence-corrected chi connectivity index (χ1v) is 7.65. The molecule has 0 atom stereocenters. The zero-order chi connectivity index (χ0) is 15.9. The van der Waals surface area contributed by atoms with Crippen molar-refractivity contribution in [1.82, 2.24) is 10.2 Å². The number of aryl methyl sites for hydroxylation is 1. The number of hydrogen-bond donors (Lipinski definition) is 2. The summed E-state index contributed by atoms with van der Waals surface area (Å²) >= 11 is 0. The Morgan fingerprint density at radius 2 is 2.05 bits per heavy atom. The molecular formula is C17H22N2O3. The van der Waals surface area contributed by atoms with Crippen LogP contribution in [0, 0.1) is 6.92 Å². The van der Waals surface area contributed by atoms with Crippen molar-refractivity contribution in [2.75, 3.05) is 6.61 Å². The second-order valence-electron chi connectivity index (χ2n) is 5.28. The van der Waals surface area contributed by atoms with E-state index in [1.807, 2.05) is 24.3 Å². The maximum absolute atomic E-state index is 11.4. The van der Waals surface area contributed by atoms with Crippen LogP contribution in [-0.2, 0) is 0 Å². The maximum atomic E-state index is 11.4. The Bertz CT molecular complexity index is 635. The summed E-state index contributed by atoms with van der Waals surface area (Å²) in [6, 6.07) is 7.42. The molecule has 1 heterocycles. The number of carboxylic acid groups (broad SMARTS) is 1. The number of H-pyrrole nitrogens is 1. The third-order valence-corrected chi connectivity index (χ3v) is 3.56. The molecular weight excluding hydrogens is 280 g/mol. The van der Waals surface area contributed by atoms with Crippen LogP contribution in [-0.4, -0.2) is 27.9 Å². The van der Waals surface area contributed by atoms with Gasteiger partial charge in [0, 0.05) is 11.3 Å². The highest BCUT2D eigenvalue weighted by atomic mass is 16.5. The van der Waals surface area contributed by atoms with Crippen LogP contribution in [0.15, 0.2) is 24.3 Å². The quantitative estimate of drug-likeness (QED) is 0.721. The van der Waals surface area contributed by atoms with Gasteiger partial charge in [-0.05, 0) is 25.5 Å². The minimum Gasteiger partial charge on any atom is -0.493 e. The molecule has 0 saturated heterocycles. The first-order valence-electron chi connectivity index (χ1n) is 7.65. The number of benzene rings is 1. The second kappa shape index (κ2) is 7.64. The molecule has 118 valence electrons. The number of nitrogens with zero attached hydrogens (tertiary/aromatic N) is 1. The number of rotatable bonds is 8. The van der Waals surface area contributed by atoms with Gasteiger partial charge in [0.1, 0.15) is 17.0 Å². The van der Waals surface area contributed by atoms with Crippen molar-refractivity contribution in [2.45, 2.75) is 39.5 Å². The molecule has 5 nitrogen and oxygen atoms in total. The van der Waals surface area contributed by atoms with Crippen molar-refractivity contribution >= 4 is 5.97 Å². The van der Waals surface area contributed by atoms with Crippen molar-refractivity contribution in [2.24, 2.45) is 0 Å². The average molecular weight is 302 g/mol. The Morgan fingerprint density at radius 1 is 1.27 bits per heavy atom. The van der Waals surface area contributed by atoms with E-state index in [1.54, 1.807) is 6.92 Å². The van der Waals surface area contributed by atoms with Crippen LogP contribution in [0.3, 0.4) is 0 Å². The standard InChI is InChI=1S/C17H22N2O3/c1-3-4-5-8-11-22-14-10-7-6-9-13(14)16-15(17(20)21)12(2)18-19-16/h6-7,9-10H,3-5,8,11H2,1-2H3,(H,18,19)(H,20,21). The van der Waals surface area contributed by atoms with Gasteiger partial charge in [0.15, 0.2) is 0 Å². The molecule has 22 heavy (non-hydrogen) atoms. The summed E-state index contributed by atoms with van der Waals surface area (Å²) in [5, 5.41) is 16.2. The smallest absolute Gasteiger partial charge is 0.339 e. The number of carbonyl (C=O) groups is 1. The van der Waals surface area contributed by atoms with E-state index < -0.39 is 5.97 Å². The van der Waals surface area contributed by atoms with Crippen LogP contribution in [0.4, 0.5) is 0 Å². The first-order chi connectivity index (χ1) is 10.6. The van der Waals surface area contributed by atoms with Gasteiger partial charge in [-0.15, -0.1) is 0 Å². The molecule has 0 radical (unpaired) electrons. The van der Waals surface area contributed by atoms with E-state index in [4.69, 9.17) is 4.74 Å². The Hall–Kier alpha value is -2.30. The third-order valence-electron chi connectivity index (χ3n) is 3.56. The van der Waals surface area contributed by atoms with Gasteiger partial charge in [-0.2, -0.15) is 5.10 Å². The Morgan fingerprint density at radius 3 is 2.77 bits per heavy atom. The zero-order valence-corrected chi connectivity index (χ0v) is 13.1. The van der Waals surface area contributed by atoms with Gasteiger partial charge in [0.05, 0.1) is 6.61 Å². The van der Waals surface area contributed by atoms with E-state index in [0.717, 1.165) is 12.8 Å². The summed E-state index contributed by atoms with van der Waals surface area (Å²) in [5.41, 5.74) is 1.87. The van der Waals surface area contributed by atoms with Gasteiger partial charge in [-0.3, -0.25) is 5.10 Å². The predicted octanol–water partition coefficient (Wildman–Crippen LogP) is 4.04. The van der Waals surface area contributed by atoms with Crippen LogP contribution in [0.2, 0.25) is 0 Å². The minimum absolute atomic E-state index is 0.196. The number of aromatic amines is 1. The summed E-state index contributed by atoms with van der Waals surface area (Å²) in [6.45, 7) is 4.50. The average Bonchev–Trinajstić information content (AvgIpc) is 2.89. The molecule has 0 spiro atoms. The number of carboxylic acids is 1. The highest BCUT2D eigenvalue weighted by Gasteiger charge is 2.20. The molecule has 1 aromatic carbocycles. The van der Waals surface area contributed by atoms with Crippen LogP contribution >= 0.6 is 0 Å². The molecule has 5 heteroatoms. The van der Waals surface area contributed by atoms with E-state index in [1.165, 1.54) is 12.8 Å². The van der Waals surface area contributed by atoms with Crippen molar-refractivity contribution in [3.63, 3.8) is 0 Å². The van der Waals surface area contributed by atoms with Crippen LogP contribution in [0.5, 0.6) is 5.75 Å². The molecule has 0 aliphatic heterocycles. The summed E-state index contributed by atoms with van der Waals surface area (Å²) in [5.74, 6) is -0.313. The van der Waals surface area contributed by atoms with Gasteiger partial charge in [-0.25, -0.2) is 4.79 Å². The lowest BCUT2D eigenvalue weighted by Gasteiger charge is -2.10. The summed E-state index contributed by atoms with van der Waals surface area (Å²) in [6.07, 6.45) is 4.52. The van der Waals surface area contributed by atoms with Crippen molar-refractivity contribution in [3.05, 3.63) is 35.5 Å². The summed E-state index contributed by atoms with van der Waals surface area (Å²) in [4.78, 5) is 11.4. The fourth-order valence-electron chi connectivity index (χ4n) is 2.38. The first kappa shape index (κ1) is 16.1. The van der Waals surface area contributed by atoms with Crippen molar-refractivity contribution < 1.29 is 14.6 Å². The normalized spacial score (nSPS) is 10.6. The van der Waals surface area contributed by atoms with E-state index in [-0.39, 0.29) is 5.56 Å². The van der Waals surface area contributed by atoms with Crippen LogP contribution in [0.25, 0.3) is 11.3 Å². The fourth-order valence-corrected chi connectivity index (χ4v) is 2.38. The second-order valence-corrected chi connectivity index (χ2v) is 5.28. The monoisotopic (exact) mass is 302 g/mol. The number of hydrogen-bond acceptors (Lipinski definition) is 3. The minimum atomic E-state index is -0.987. The fraction of sp³-hybridized carbons (Fsp3) is 0.412. The molecule has 0 aliphatic rings. The molecule has 0 aliphatic carbocycles. The van der Waals surface area contributed by atoms with Gasteiger partial charge in [0.25, 0.3) is 0 Å². The van der Waals surface area contributed by atoms with Crippen molar-refractivity contribution in [1.29, 1.82) is 0 Å². The predicted molar refractivity (Wildman–Crippen MR) is 85.4 cm³/mol. The van der Waals surface area contributed by atoms with Gasteiger partial charge in [0.2, 0.25) is 0 Å². The largest absolute Gasteiger partial charge is 0.493 e. The Balaban J connectivity index is 2.20. The summed E-state index contributed by atoms with van der Waals surface area (Å²) in [7, 11) is 0. The number of ether oxygens (including phenoxy) is 1. The lowest BCUT2D eigenvalue weighted by atomic mass is 10.1. The molecule has 0 bridgehead atoms. The van der Waals surface area contributed by atoms with Gasteiger partial charge in [-0.1, -0.05) is 38.3 Å². The highest BCUT2D eigenvalue weighted by Crippen LogP contribution is 2.32. The van der Waals surface area contributed by atoms with E-state index in [0.29, 0.717) is 29.3 Å². The van der Waals surface area contributed by atoms with Gasteiger partial charge >= 0.3 is 5.97 Å². The van der Waals surface area contributed by atoms with Crippen LogP contribution in [0.1, 0.15) is 48.7 Å². The number of unbranched alkanes of at least 4 members (excludes halogenated alkanes) is 3. The topological polar surface area (TPSA) is 75.2 Å². The van der Waals surface area contributed by atoms with E-state index in [2.05, 4.69) is 17.1 Å². The summed E-state index contributed by atoms with van der Waals surface area (Å²) < 4.78 is 5.84. The third kappa shape index (κ3) is 3.67. The number of aromatic carboxylic acids is 1. The van der Waals surface area contributed by atoms with Gasteiger partial charge < -0.3 is 9.84 Å². The molecule has 1 aromatic heterocycles. The molecule has 0 unspecified atom stereocenters. The molecule has 2 N–H and O–H groups in total. The van der Waals surface area contributed by atoms with Crippen LogP contribution < -0.4 is 4.74 Å². The molecule has 2 aromatic rings. The number of aromatic nitrogens is 2. The Labute approximate surface area is 130 Å². The molecule has 0 saturated carbocycles. The molecule has 2 rings (SSSR count). The lowest BCUT2D eigenvalue weighted by Crippen LogP contribution is -2.02. The van der Waals surface area contributed by atoms with E-state index >= 15 is 0 Å². The van der Waals surface area contributed by atoms with Crippen molar-refractivity contribution in [3.8, 4) is 17.0 Å². The lowest BCUT2D eigenvalue weighted by molar-refractivity contribution is 0.0697. The Kier molecular flexibility index (Phi) is 5.58. The zero-order valence-electron chi connectivity index (χ0n) is 13.1. The molecule has 0 amide bonds. The maximum Gasteiger partial charge on any atom is 0.339 e. The number of nitrogens with one attached hydrogen (secondary N) is 1. The molecule has 0 fully saturated rings. The van der Waals surface area contributed by atoms with E-state index in [9.17, 15) is 9.90 Å². The number of para-hydroxylation sites is 1. The highest BCUT2D eigenvalue weighted by molar-refractivity contribution is 5.96.